The Morgan fingerprint density at radius 1 is 1.35 bits per heavy atom. The van der Waals surface area contributed by atoms with Gasteiger partial charge in [0.1, 0.15) is 11.5 Å². The molecule has 1 heterocycles. The maximum Gasteiger partial charge on any atom is 0.271 e. The summed E-state index contributed by atoms with van der Waals surface area (Å²) in [6.45, 7) is 0. The first-order chi connectivity index (χ1) is 8.15. The number of nitrogen functional groups attached to an aromatic ring is 1. The monoisotopic (exact) mass is 236 g/mol. The third-order valence-corrected chi connectivity index (χ3v) is 2.92. The van der Waals surface area contributed by atoms with Crippen LogP contribution in [0.3, 0.4) is 0 Å². The number of rotatable bonds is 2. The predicted octanol–water partition coefficient (Wildman–Crippen LogP) is 0.0921. The lowest BCUT2D eigenvalue weighted by Gasteiger charge is -2.25. The molecule has 1 saturated carbocycles. The highest BCUT2D eigenvalue weighted by Crippen LogP contribution is 2.18. The maximum absolute atomic E-state index is 11.8. The van der Waals surface area contributed by atoms with E-state index in [1.165, 1.54) is 12.4 Å². The number of hydrogen-bond acceptors (Lipinski definition) is 5. The predicted molar refractivity (Wildman–Crippen MR) is 62.2 cm³/mol. The van der Waals surface area contributed by atoms with Gasteiger partial charge in [0, 0.05) is 6.04 Å². The molecule has 1 aliphatic carbocycles. The third-order valence-electron chi connectivity index (χ3n) is 2.92. The molecule has 1 aliphatic rings. The zero-order valence-electron chi connectivity index (χ0n) is 9.47. The molecule has 1 aromatic heterocycles. The topological polar surface area (TPSA) is 101 Å². The quantitative estimate of drug-likeness (QED) is 0.675. The fraction of sp³-hybridized carbons (Fsp3) is 0.545. The van der Waals surface area contributed by atoms with E-state index < -0.39 is 0 Å². The van der Waals surface area contributed by atoms with E-state index in [9.17, 15) is 9.90 Å². The van der Waals surface area contributed by atoms with E-state index in [0.717, 1.165) is 25.7 Å². The van der Waals surface area contributed by atoms with E-state index in [0.29, 0.717) is 0 Å². The summed E-state index contributed by atoms with van der Waals surface area (Å²) in [4.78, 5) is 19.5. The third kappa shape index (κ3) is 3.13. The Labute approximate surface area is 99.3 Å². The van der Waals surface area contributed by atoms with Gasteiger partial charge in [-0.15, -0.1) is 0 Å². The van der Waals surface area contributed by atoms with Crippen LogP contribution in [0.5, 0.6) is 0 Å². The second kappa shape index (κ2) is 5.09. The number of nitrogens with two attached hydrogens (primary N) is 1. The first kappa shape index (κ1) is 11.8. The molecule has 2 rings (SSSR count). The second-order valence-corrected chi connectivity index (χ2v) is 4.31. The normalized spacial score (nSPS) is 24.3. The van der Waals surface area contributed by atoms with E-state index in [1.54, 1.807) is 0 Å². The van der Waals surface area contributed by atoms with Gasteiger partial charge >= 0.3 is 0 Å². The van der Waals surface area contributed by atoms with Crippen molar-refractivity contribution in [2.75, 3.05) is 5.73 Å². The number of nitrogens with one attached hydrogen (secondary N) is 1. The van der Waals surface area contributed by atoms with Crippen LogP contribution in [0, 0.1) is 0 Å². The van der Waals surface area contributed by atoms with E-state index in [2.05, 4.69) is 15.3 Å². The van der Waals surface area contributed by atoms with Crippen molar-refractivity contribution in [1.29, 1.82) is 0 Å². The molecule has 0 aliphatic heterocycles. The van der Waals surface area contributed by atoms with Crippen LogP contribution in [0.25, 0.3) is 0 Å². The van der Waals surface area contributed by atoms with Crippen LogP contribution in [-0.4, -0.2) is 33.1 Å². The van der Waals surface area contributed by atoms with Crippen LogP contribution in [0.15, 0.2) is 12.4 Å². The zero-order valence-corrected chi connectivity index (χ0v) is 9.47. The van der Waals surface area contributed by atoms with Gasteiger partial charge < -0.3 is 16.2 Å². The lowest BCUT2D eigenvalue weighted by atomic mass is 9.93. The minimum atomic E-state index is -0.258. The average Bonchev–Trinajstić information content (AvgIpc) is 2.32. The number of amides is 1. The average molecular weight is 236 g/mol. The van der Waals surface area contributed by atoms with Gasteiger partial charge in [-0.05, 0) is 25.7 Å². The molecule has 0 radical (unpaired) electrons. The molecule has 0 atom stereocenters. The van der Waals surface area contributed by atoms with Gasteiger partial charge in [0.05, 0.1) is 18.5 Å². The number of aromatic nitrogens is 2. The molecule has 0 saturated heterocycles. The van der Waals surface area contributed by atoms with Crippen LogP contribution in [0.2, 0.25) is 0 Å². The molecular weight excluding hydrogens is 220 g/mol. The van der Waals surface area contributed by atoms with E-state index in [4.69, 9.17) is 5.73 Å². The van der Waals surface area contributed by atoms with Crippen molar-refractivity contribution in [3.8, 4) is 0 Å². The minimum Gasteiger partial charge on any atom is -0.393 e. The highest BCUT2D eigenvalue weighted by atomic mass is 16.3. The van der Waals surface area contributed by atoms with Crippen molar-refractivity contribution >= 4 is 11.7 Å². The summed E-state index contributed by atoms with van der Waals surface area (Å²) in [5.41, 5.74) is 5.69. The first-order valence-corrected chi connectivity index (χ1v) is 5.71. The SMILES string of the molecule is Nc1cncc(C(=O)NC2CCC(O)CC2)n1. The summed E-state index contributed by atoms with van der Waals surface area (Å²) in [5, 5.41) is 12.2. The van der Waals surface area contributed by atoms with E-state index in [1.807, 2.05) is 0 Å². The number of hydrogen-bond donors (Lipinski definition) is 3. The minimum absolute atomic E-state index is 0.106. The Morgan fingerprint density at radius 2 is 2.06 bits per heavy atom. The van der Waals surface area contributed by atoms with Crippen LogP contribution in [-0.2, 0) is 0 Å². The Balaban J connectivity index is 1.93. The second-order valence-electron chi connectivity index (χ2n) is 4.31. The molecule has 0 bridgehead atoms. The lowest BCUT2D eigenvalue weighted by molar-refractivity contribution is 0.0863. The smallest absolute Gasteiger partial charge is 0.271 e. The van der Waals surface area contributed by atoms with Gasteiger partial charge in [0.15, 0.2) is 0 Å². The van der Waals surface area contributed by atoms with Gasteiger partial charge in [-0.25, -0.2) is 4.98 Å². The molecule has 0 spiro atoms. The van der Waals surface area contributed by atoms with Gasteiger partial charge in [0.2, 0.25) is 0 Å². The number of carbonyl (C=O) groups is 1. The highest BCUT2D eigenvalue weighted by Gasteiger charge is 2.21. The largest absolute Gasteiger partial charge is 0.393 e. The van der Waals surface area contributed by atoms with E-state index >= 15 is 0 Å². The molecule has 1 aromatic rings. The molecular formula is C11H16N4O2. The molecule has 1 amide bonds. The van der Waals surface area contributed by atoms with Crippen molar-refractivity contribution in [3.05, 3.63) is 18.1 Å². The molecule has 92 valence electrons. The Bertz CT molecular complexity index is 402. The number of anilines is 1. The Hall–Kier alpha value is -1.69. The lowest BCUT2D eigenvalue weighted by Crippen LogP contribution is -2.39. The maximum atomic E-state index is 11.8. The fourth-order valence-electron chi connectivity index (χ4n) is 1.97. The summed E-state index contributed by atoms with van der Waals surface area (Å²) in [6.07, 6.45) is 5.61. The van der Waals surface area contributed by atoms with Crippen molar-refractivity contribution < 1.29 is 9.90 Å². The van der Waals surface area contributed by atoms with Crippen LogP contribution >= 0.6 is 0 Å². The summed E-state index contributed by atoms with van der Waals surface area (Å²) in [6, 6.07) is 0.106. The Morgan fingerprint density at radius 3 is 2.71 bits per heavy atom. The molecule has 1 fully saturated rings. The summed E-state index contributed by atoms with van der Waals surface area (Å²) >= 11 is 0. The molecule has 6 heteroatoms. The van der Waals surface area contributed by atoms with Crippen molar-refractivity contribution in [2.45, 2.75) is 37.8 Å². The number of aliphatic hydroxyl groups is 1. The van der Waals surface area contributed by atoms with Crippen LogP contribution in [0.1, 0.15) is 36.2 Å². The van der Waals surface area contributed by atoms with Gasteiger partial charge in [-0.3, -0.25) is 9.78 Å². The van der Waals surface area contributed by atoms with Crippen molar-refractivity contribution in [1.82, 2.24) is 15.3 Å². The summed E-state index contributed by atoms with van der Waals surface area (Å²) in [5.74, 6) is -0.0251. The van der Waals surface area contributed by atoms with Crippen molar-refractivity contribution in [2.24, 2.45) is 0 Å². The first-order valence-electron chi connectivity index (χ1n) is 5.71. The summed E-state index contributed by atoms with van der Waals surface area (Å²) in [7, 11) is 0. The fourth-order valence-corrected chi connectivity index (χ4v) is 1.97. The van der Waals surface area contributed by atoms with E-state index in [-0.39, 0.29) is 29.6 Å². The van der Waals surface area contributed by atoms with Gasteiger partial charge in [0.25, 0.3) is 5.91 Å². The van der Waals surface area contributed by atoms with Gasteiger partial charge in [-0.1, -0.05) is 0 Å². The van der Waals surface area contributed by atoms with Crippen molar-refractivity contribution in [3.63, 3.8) is 0 Å². The zero-order chi connectivity index (χ0) is 12.3. The molecule has 0 aromatic carbocycles. The number of nitrogens with zero attached hydrogens (tertiary/aromatic N) is 2. The molecule has 0 unspecified atom stereocenters. The standard InChI is InChI=1S/C11H16N4O2/c12-10-6-13-5-9(15-10)11(17)14-7-1-3-8(16)4-2-7/h5-8,16H,1-4H2,(H2,12,15)(H,14,17). The Kier molecular flexibility index (Phi) is 3.53. The van der Waals surface area contributed by atoms with Crippen LogP contribution in [0.4, 0.5) is 5.82 Å². The summed E-state index contributed by atoms with van der Waals surface area (Å²) < 4.78 is 0. The highest BCUT2D eigenvalue weighted by molar-refractivity contribution is 5.92. The number of aliphatic hydroxyl groups excluding tert-OH is 1. The molecule has 4 N–H and O–H groups in total. The molecule has 6 nitrogen and oxygen atoms in total. The van der Waals surface area contributed by atoms with Gasteiger partial charge in [-0.2, -0.15) is 0 Å². The van der Waals surface area contributed by atoms with Crippen LogP contribution < -0.4 is 11.1 Å². The number of carbonyl (C=O) groups excluding carboxylic acids is 1. The molecule has 17 heavy (non-hydrogen) atoms.